The van der Waals surface area contributed by atoms with Crippen LogP contribution in [0.25, 0.3) is 0 Å². The molecule has 1 fully saturated rings. The summed E-state index contributed by atoms with van der Waals surface area (Å²) in [5, 5.41) is 3.78. The molecule has 2 aromatic rings. The van der Waals surface area contributed by atoms with E-state index in [9.17, 15) is 4.79 Å². The SMILES string of the molecule is O=C(CN1CCN(c2cccc(Cl)c2)CC1)NCCc1ccccc1. The van der Waals surface area contributed by atoms with Gasteiger partial charge in [0.2, 0.25) is 5.91 Å². The number of hydrogen-bond acceptors (Lipinski definition) is 3. The van der Waals surface area contributed by atoms with E-state index in [1.807, 2.05) is 36.4 Å². The number of anilines is 1. The van der Waals surface area contributed by atoms with Crippen LogP contribution in [0.1, 0.15) is 5.56 Å². The molecule has 3 rings (SSSR count). The molecule has 25 heavy (non-hydrogen) atoms. The maximum Gasteiger partial charge on any atom is 0.234 e. The number of carbonyl (C=O) groups excluding carboxylic acids is 1. The molecule has 1 heterocycles. The Kier molecular flexibility index (Phi) is 6.31. The van der Waals surface area contributed by atoms with Gasteiger partial charge in [-0.2, -0.15) is 0 Å². The van der Waals surface area contributed by atoms with Gasteiger partial charge in [0.15, 0.2) is 0 Å². The Morgan fingerprint density at radius 2 is 1.76 bits per heavy atom. The normalized spacial score (nSPS) is 15.2. The molecule has 0 unspecified atom stereocenters. The van der Waals surface area contributed by atoms with Crippen molar-refractivity contribution < 1.29 is 4.79 Å². The van der Waals surface area contributed by atoms with E-state index in [1.165, 1.54) is 5.56 Å². The van der Waals surface area contributed by atoms with Crippen molar-refractivity contribution in [2.45, 2.75) is 6.42 Å². The summed E-state index contributed by atoms with van der Waals surface area (Å²) in [5.74, 6) is 0.104. The number of carbonyl (C=O) groups is 1. The predicted molar refractivity (Wildman–Crippen MR) is 103 cm³/mol. The van der Waals surface area contributed by atoms with Gasteiger partial charge in [-0.3, -0.25) is 9.69 Å². The second kappa shape index (κ2) is 8.88. The van der Waals surface area contributed by atoms with Crippen molar-refractivity contribution in [3.05, 3.63) is 65.2 Å². The van der Waals surface area contributed by atoms with Crippen molar-refractivity contribution in [1.82, 2.24) is 10.2 Å². The van der Waals surface area contributed by atoms with E-state index >= 15 is 0 Å². The fourth-order valence-corrected chi connectivity index (χ4v) is 3.27. The summed E-state index contributed by atoms with van der Waals surface area (Å²) in [6, 6.07) is 18.2. The largest absolute Gasteiger partial charge is 0.369 e. The molecule has 0 bridgehead atoms. The molecule has 4 nitrogen and oxygen atoms in total. The van der Waals surface area contributed by atoms with Crippen LogP contribution >= 0.6 is 11.6 Å². The van der Waals surface area contributed by atoms with Crippen LogP contribution in [0.15, 0.2) is 54.6 Å². The van der Waals surface area contributed by atoms with Crippen molar-refractivity contribution in [3.63, 3.8) is 0 Å². The van der Waals surface area contributed by atoms with Gasteiger partial charge in [0, 0.05) is 43.4 Å². The minimum atomic E-state index is 0.104. The molecule has 1 aliphatic heterocycles. The molecule has 132 valence electrons. The standard InChI is InChI=1S/C20H24ClN3O/c21-18-7-4-8-19(15-18)24-13-11-23(12-14-24)16-20(25)22-10-9-17-5-2-1-3-6-17/h1-8,15H,9-14,16H2,(H,22,25). The highest BCUT2D eigenvalue weighted by Gasteiger charge is 2.19. The Labute approximate surface area is 154 Å². The summed E-state index contributed by atoms with van der Waals surface area (Å²) < 4.78 is 0. The average Bonchev–Trinajstić information content (AvgIpc) is 2.63. The second-order valence-electron chi connectivity index (χ2n) is 6.33. The zero-order valence-corrected chi connectivity index (χ0v) is 15.1. The Bertz CT molecular complexity index is 684. The van der Waals surface area contributed by atoms with Crippen LogP contribution in [0, 0.1) is 0 Å². The smallest absolute Gasteiger partial charge is 0.234 e. The first-order valence-corrected chi connectivity index (χ1v) is 9.12. The first kappa shape index (κ1) is 17.8. The molecule has 5 heteroatoms. The summed E-state index contributed by atoms with van der Waals surface area (Å²) in [7, 11) is 0. The van der Waals surface area contributed by atoms with Crippen LogP contribution in [0.2, 0.25) is 5.02 Å². The Hall–Kier alpha value is -2.04. The van der Waals surface area contributed by atoms with Crippen molar-refractivity contribution in [2.75, 3.05) is 44.2 Å². The third kappa shape index (κ3) is 5.48. The third-order valence-electron chi connectivity index (χ3n) is 4.49. The van der Waals surface area contributed by atoms with Crippen LogP contribution in [0.4, 0.5) is 5.69 Å². The molecule has 0 saturated carbocycles. The fraction of sp³-hybridized carbons (Fsp3) is 0.350. The Morgan fingerprint density at radius 1 is 1.00 bits per heavy atom. The van der Waals surface area contributed by atoms with E-state index < -0.39 is 0 Å². The lowest BCUT2D eigenvalue weighted by atomic mass is 10.1. The highest BCUT2D eigenvalue weighted by atomic mass is 35.5. The maximum absolute atomic E-state index is 12.1. The third-order valence-corrected chi connectivity index (χ3v) is 4.73. The van der Waals surface area contributed by atoms with Crippen LogP contribution in [0.3, 0.4) is 0 Å². The number of benzene rings is 2. The summed E-state index contributed by atoms with van der Waals surface area (Å²) in [6.07, 6.45) is 0.870. The molecule has 0 atom stereocenters. The zero-order valence-electron chi connectivity index (χ0n) is 14.3. The molecular formula is C20H24ClN3O. The van der Waals surface area contributed by atoms with E-state index in [2.05, 4.69) is 33.3 Å². The molecule has 2 aromatic carbocycles. The number of amides is 1. The highest BCUT2D eigenvalue weighted by Crippen LogP contribution is 2.20. The fourth-order valence-electron chi connectivity index (χ4n) is 3.09. The lowest BCUT2D eigenvalue weighted by molar-refractivity contribution is -0.122. The minimum Gasteiger partial charge on any atom is -0.369 e. The van der Waals surface area contributed by atoms with Gasteiger partial charge in [0.25, 0.3) is 0 Å². The van der Waals surface area contributed by atoms with Crippen LogP contribution < -0.4 is 10.2 Å². The van der Waals surface area contributed by atoms with Gasteiger partial charge >= 0.3 is 0 Å². The number of nitrogens with one attached hydrogen (secondary N) is 1. The molecule has 0 aliphatic carbocycles. The maximum atomic E-state index is 12.1. The van der Waals surface area contributed by atoms with Gasteiger partial charge in [-0.1, -0.05) is 48.0 Å². The van der Waals surface area contributed by atoms with Gasteiger partial charge in [-0.15, -0.1) is 0 Å². The van der Waals surface area contributed by atoms with E-state index in [4.69, 9.17) is 11.6 Å². The van der Waals surface area contributed by atoms with Gasteiger partial charge in [-0.05, 0) is 30.2 Å². The number of hydrogen-bond donors (Lipinski definition) is 1. The van der Waals surface area contributed by atoms with Crippen molar-refractivity contribution in [3.8, 4) is 0 Å². The molecule has 0 aromatic heterocycles. The molecule has 1 amide bonds. The van der Waals surface area contributed by atoms with Gasteiger partial charge in [0.1, 0.15) is 0 Å². The van der Waals surface area contributed by atoms with Crippen LogP contribution in [-0.2, 0) is 11.2 Å². The molecule has 1 saturated heterocycles. The Morgan fingerprint density at radius 3 is 2.48 bits per heavy atom. The first-order chi connectivity index (χ1) is 12.2. The first-order valence-electron chi connectivity index (χ1n) is 8.74. The summed E-state index contributed by atoms with van der Waals surface area (Å²) in [4.78, 5) is 16.6. The van der Waals surface area contributed by atoms with Gasteiger partial charge < -0.3 is 10.2 Å². The zero-order chi connectivity index (χ0) is 17.5. The van der Waals surface area contributed by atoms with Gasteiger partial charge in [0.05, 0.1) is 6.54 Å². The van der Waals surface area contributed by atoms with Crippen molar-refractivity contribution in [1.29, 1.82) is 0 Å². The number of nitrogens with zero attached hydrogens (tertiary/aromatic N) is 2. The quantitative estimate of drug-likeness (QED) is 0.863. The average molecular weight is 358 g/mol. The lowest BCUT2D eigenvalue weighted by Gasteiger charge is -2.35. The lowest BCUT2D eigenvalue weighted by Crippen LogP contribution is -2.49. The Balaban J connectivity index is 1.37. The molecule has 0 spiro atoms. The van der Waals surface area contributed by atoms with E-state index in [1.54, 1.807) is 0 Å². The summed E-state index contributed by atoms with van der Waals surface area (Å²) in [6.45, 7) is 4.76. The van der Waals surface area contributed by atoms with E-state index in [-0.39, 0.29) is 5.91 Å². The molecule has 1 aliphatic rings. The molecular weight excluding hydrogens is 334 g/mol. The minimum absolute atomic E-state index is 0.104. The topological polar surface area (TPSA) is 35.6 Å². The summed E-state index contributed by atoms with van der Waals surface area (Å²) in [5.41, 5.74) is 2.40. The second-order valence-corrected chi connectivity index (χ2v) is 6.77. The molecule has 1 N–H and O–H groups in total. The highest BCUT2D eigenvalue weighted by molar-refractivity contribution is 6.30. The van der Waals surface area contributed by atoms with Crippen LogP contribution in [0.5, 0.6) is 0 Å². The monoisotopic (exact) mass is 357 g/mol. The van der Waals surface area contributed by atoms with Crippen LogP contribution in [-0.4, -0.2) is 50.1 Å². The van der Waals surface area contributed by atoms with Crippen molar-refractivity contribution in [2.24, 2.45) is 0 Å². The van der Waals surface area contributed by atoms with Gasteiger partial charge in [-0.25, -0.2) is 0 Å². The number of rotatable bonds is 6. The predicted octanol–water partition coefficient (Wildman–Crippen LogP) is 2.82. The number of piperazine rings is 1. The van der Waals surface area contributed by atoms with E-state index in [0.29, 0.717) is 13.1 Å². The summed E-state index contributed by atoms with van der Waals surface area (Å²) >= 11 is 6.06. The molecule has 0 radical (unpaired) electrons. The van der Waals surface area contributed by atoms with Crippen molar-refractivity contribution >= 4 is 23.2 Å². The number of halogens is 1. The van der Waals surface area contributed by atoms with E-state index in [0.717, 1.165) is 43.3 Å².